The lowest BCUT2D eigenvalue weighted by atomic mass is 9.76. The molecule has 0 fully saturated rings. The third kappa shape index (κ3) is 3.83. The van der Waals surface area contributed by atoms with Crippen molar-refractivity contribution in [3.05, 3.63) is 64.3 Å². The molecule has 3 aromatic rings. The van der Waals surface area contributed by atoms with E-state index in [0.717, 1.165) is 52.1 Å². The highest BCUT2D eigenvalue weighted by Gasteiger charge is 2.32. The van der Waals surface area contributed by atoms with Gasteiger partial charge in [0.05, 0.1) is 11.3 Å². The number of carbonyl (C=O) groups is 1. The maximum atomic E-state index is 12.1. The Morgan fingerprint density at radius 2 is 1.97 bits per heavy atom. The fourth-order valence-electron chi connectivity index (χ4n) is 4.05. The Kier molecular flexibility index (Phi) is 5.25. The first kappa shape index (κ1) is 19.8. The van der Waals surface area contributed by atoms with E-state index >= 15 is 0 Å². The minimum absolute atomic E-state index is 0.140. The first-order chi connectivity index (χ1) is 13.9. The molecule has 0 spiro atoms. The summed E-state index contributed by atoms with van der Waals surface area (Å²) in [5.74, 6) is 4.39. The number of hydrogen-bond donors (Lipinski definition) is 2. The number of carboxylic acids is 1. The Bertz CT molecular complexity index is 1050. The van der Waals surface area contributed by atoms with Gasteiger partial charge in [-0.05, 0) is 47.4 Å². The van der Waals surface area contributed by atoms with Gasteiger partial charge in [0, 0.05) is 21.5 Å². The van der Waals surface area contributed by atoms with E-state index in [1.807, 2.05) is 36.4 Å². The number of nitrogens with zero attached hydrogens (tertiary/aromatic N) is 1. The fourth-order valence-corrected chi connectivity index (χ4v) is 5.36. The van der Waals surface area contributed by atoms with Gasteiger partial charge in [0.1, 0.15) is 6.61 Å². The molecule has 0 atom stereocenters. The molecule has 1 aromatic carbocycles. The van der Waals surface area contributed by atoms with Gasteiger partial charge in [-0.3, -0.25) is 9.82 Å². The number of hydrogen-bond acceptors (Lipinski definition) is 5. The van der Waals surface area contributed by atoms with E-state index in [2.05, 4.69) is 18.8 Å². The van der Waals surface area contributed by atoms with Crippen molar-refractivity contribution in [1.29, 1.82) is 0 Å². The molecule has 3 N–H and O–H groups in total. The molecule has 5 nitrogen and oxygen atoms in total. The van der Waals surface area contributed by atoms with Gasteiger partial charge in [-0.15, -0.1) is 11.3 Å². The van der Waals surface area contributed by atoms with Gasteiger partial charge in [-0.1, -0.05) is 44.2 Å². The van der Waals surface area contributed by atoms with E-state index in [1.165, 1.54) is 4.88 Å². The average molecular weight is 409 g/mol. The lowest BCUT2D eigenvalue weighted by Gasteiger charge is -2.29. The Hall–Kier alpha value is -2.54. The molecular weight excluding hydrogens is 384 g/mol. The van der Waals surface area contributed by atoms with Gasteiger partial charge in [0.2, 0.25) is 0 Å². The van der Waals surface area contributed by atoms with Gasteiger partial charge in [-0.2, -0.15) is 0 Å². The molecule has 2 aromatic heterocycles. The summed E-state index contributed by atoms with van der Waals surface area (Å²) in [4.78, 5) is 23.3. The van der Waals surface area contributed by atoms with Crippen molar-refractivity contribution in [3.8, 4) is 21.6 Å². The van der Waals surface area contributed by atoms with E-state index in [0.29, 0.717) is 5.56 Å². The zero-order valence-corrected chi connectivity index (χ0v) is 17.4. The predicted molar refractivity (Wildman–Crippen MR) is 115 cm³/mol. The molecule has 0 amide bonds. The molecule has 0 saturated heterocycles. The Morgan fingerprint density at radius 3 is 2.66 bits per heavy atom. The Labute approximate surface area is 174 Å². The number of nitrogens with two attached hydrogens (primary N) is 1. The van der Waals surface area contributed by atoms with Gasteiger partial charge in [0.25, 0.3) is 0 Å². The molecule has 1 aliphatic carbocycles. The van der Waals surface area contributed by atoms with Crippen molar-refractivity contribution in [1.82, 2.24) is 4.98 Å². The van der Waals surface area contributed by atoms with Gasteiger partial charge in [-0.25, -0.2) is 10.7 Å². The smallest absolute Gasteiger partial charge is 0.337 e. The minimum atomic E-state index is -0.839. The summed E-state index contributed by atoms with van der Waals surface area (Å²) in [6, 6.07) is 11.8. The highest BCUT2D eigenvalue weighted by Crippen LogP contribution is 2.45. The number of fused-ring (bicyclic) bond motifs is 1. The topological polar surface area (TPSA) is 85.4 Å². The Morgan fingerprint density at radius 1 is 1.24 bits per heavy atom. The van der Waals surface area contributed by atoms with Crippen molar-refractivity contribution in [2.24, 2.45) is 11.3 Å². The van der Waals surface area contributed by atoms with Crippen LogP contribution < -0.4 is 5.90 Å². The van der Waals surface area contributed by atoms with Crippen LogP contribution in [-0.4, -0.2) is 16.1 Å². The number of carboxylic acid groups (broad SMARTS) is 1. The van der Waals surface area contributed by atoms with Crippen LogP contribution in [0.3, 0.4) is 0 Å². The van der Waals surface area contributed by atoms with E-state index in [9.17, 15) is 9.90 Å². The monoisotopic (exact) mass is 408 g/mol. The molecule has 6 heteroatoms. The molecule has 0 aliphatic heterocycles. The van der Waals surface area contributed by atoms with Crippen LogP contribution >= 0.6 is 11.3 Å². The van der Waals surface area contributed by atoms with Crippen LogP contribution in [-0.2, 0) is 24.3 Å². The van der Waals surface area contributed by atoms with Gasteiger partial charge < -0.3 is 5.11 Å². The van der Waals surface area contributed by atoms with Crippen LogP contribution in [0.25, 0.3) is 21.6 Å². The summed E-state index contributed by atoms with van der Waals surface area (Å²) >= 11 is 1.63. The molecule has 0 saturated carbocycles. The second-order valence-corrected chi connectivity index (χ2v) is 9.35. The van der Waals surface area contributed by atoms with Crippen LogP contribution in [0.1, 0.15) is 46.8 Å². The Balaban J connectivity index is 1.74. The molecule has 1 aliphatic rings. The zero-order valence-electron chi connectivity index (χ0n) is 16.6. The van der Waals surface area contributed by atoms with Crippen molar-refractivity contribution in [2.75, 3.05) is 0 Å². The third-order valence-electron chi connectivity index (χ3n) is 5.56. The largest absolute Gasteiger partial charge is 0.478 e. The number of aromatic carboxylic acids is 1. The fraction of sp³-hybridized carbons (Fsp3) is 0.304. The van der Waals surface area contributed by atoms with E-state index < -0.39 is 5.97 Å². The quantitative estimate of drug-likeness (QED) is 0.575. The number of benzene rings is 1. The average Bonchev–Trinajstić information content (AvgIpc) is 3.06. The second-order valence-electron chi connectivity index (χ2n) is 8.24. The molecular formula is C23H24N2O3S. The standard InChI is InChI=1S/C23H24N2O3S/c1-23(2)10-9-19-17(12-23)20(22(26)27)21(29-19)15-7-5-14(6-8-15)16-4-3-11-25-18(16)13-28-24/h3-8,11H,9-10,12-13,24H2,1-2H3,(H,26,27). The van der Waals surface area contributed by atoms with Crippen molar-refractivity contribution < 1.29 is 14.7 Å². The maximum absolute atomic E-state index is 12.1. The van der Waals surface area contributed by atoms with Crippen LogP contribution in [0.4, 0.5) is 0 Å². The van der Waals surface area contributed by atoms with E-state index in [4.69, 9.17) is 10.7 Å². The van der Waals surface area contributed by atoms with Crippen molar-refractivity contribution in [3.63, 3.8) is 0 Å². The summed E-state index contributed by atoms with van der Waals surface area (Å²) in [6.45, 7) is 4.66. The van der Waals surface area contributed by atoms with Crippen molar-refractivity contribution >= 4 is 17.3 Å². The molecule has 4 rings (SSSR count). The van der Waals surface area contributed by atoms with E-state index in [1.54, 1.807) is 17.5 Å². The highest BCUT2D eigenvalue weighted by atomic mass is 32.1. The second kappa shape index (κ2) is 7.71. The zero-order chi connectivity index (χ0) is 20.6. The lowest BCUT2D eigenvalue weighted by molar-refractivity contribution is 0.0696. The summed E-state index contributed by atoms with van der Waals surface area (Å²) < 4.78 is 0. The first-order valence-corrected chi connectivity index (χ1v) is 10.5. The molecule has 2 heterocycles. The van der Waals surface area contributed by atoms with Crippen LogP contribution in [0, 0.1) is 5.41 Å². The van der Waals surface area contributed by atoms with E-state index in [-0.39, 0.29) is 12.0 Å². The summed E-state index contributed by atoms with van der Waals surface area (Å²) in [6.07, 6.45) is 4.56. The van der Waals surface area contributed by atoms with Gasteiger partial charge >= 0.3 is 5.97 Å². The summed E-state index contributed by atoms with van der Waals surface area (Å²) in [7, 11) is 0. The molecule has 150 valence electrons. The lowest BCUT2D eigenvalue weighted by Crippen LogP contribution is -2.22. The maximum Gasteiger partial charge on any atom is 0.337 e. The number of thiophene rings is 1. The minimum Gasteiger partial charge on any atom is -0.478 e. The number of aryl methyl sites for hydroxylation is 1. The first-order valence-electron chi connectivity index (χ1n) is 9.64. The SMILES string of the molecule is CC1(C)CCc2sc(-c3ccc(-c4cccnc4CON)cc3)c(C(=O)O)c2C1. The molecule has 0 unspecified atom stereocenters. The van der Waals surface area contributed by atoms with Crippen LogP contribution in [0.2, 0.25) is 0 Å². The molecule has 0 radical (unpaired) electrons. The number of aromatic nitrogens is 1. The summed E-state index contributed by atoms with van der Waals surface area (Å²) in [5.41, 5.74) is 5.29. The van der Waals surface area contributed by atoms with Crippen LogP contribution in [0.15, 0.2) is 42.6 Å². The summed E-state index contributed by atoms with van der Waals surface area (Å²) in [5, 5.41) is 9.94. The normalized spacial score (nSPS) is 15.1. The highest BCUT2D eigenvalue weighted by molar-refractivity contribution is 7.16. The van der Waals surface area contributed by atoms with Crippen molar-refractivity contribution in [2.45, 2.75) is 39.7 Å². The molecule has 0 bridgehead atoms. The predicted octanol–water partition coefficient (Wildman–Crippen LogP) is 5.08. The number of pyridine rings is 1. The van der Waals surface area contributed by atoms with Crippen LogP contribution in [0.5, 0.6) is 0 Å². The third-order valence-corrected chi connectivity index (χ3v) is 6.90. The number of rotatable bonds is 5. The van der Waals surface area contributed by atoms with Gasteiger partial charge in [0.15, 0.2) is 0 Å². The molecule has 29 heavy (non-hydrogen) atoms.